The molecule has 184 valence electrons. The molecule has 0 spiro atoms. The van der Waals surface area contributed by atoms with Gasteiger partial charge in [-0.25, -0.2) is 9.67 Å². The van der Waals surface area contributed by atoms with Gasteiger partial charge in [-0.05, 0) is 48.5 Å². The molecule has 0 fully saturated rings. The van der Waals surface area contributed by atoms with Crippen molar-refractivity contribution in [3.8, 4) is 22.8 Å². The van der Waals surface area contributed by atoms with Crippen LogP contribution in [0, 0.1) is 0 Å². The van der Waals surface area contributed by atoms with Gasteiger partial charge in [-0.15, -0.1) is 11.3 Å². The number of aromatic nitrogens is 1. The Bertz CT molecular complexity index is 1650. The molecule has 2 aliphatic rings. The van der Waals surface area contributed by atoms with E-state index in [9.17, 15) is 9.59 Å². The van der Waals surface area contributed by atoms with Crippen molar-refractivity contribution in [2.45, 2.75) is 0 Å². The monoisotopic (exact) mass is 511 g/mol. The first kappa shape index (κ1) is 22.7. The van der Waals surface area contributed by atoms with Gasteiger partial charge < -0.3 is 19.7 Å². The van der Waals surface area contributed by atoms with Crippen LogP contribution in [0.4, 0.5) is 17.1 Å². The number of rotatable bonds is 4. The number of likely N-dealkylation sites (N-methyl/N-ethyl adjacent to an activating group) is 1. The molecule has 1 N–H and O–H groups in total. The van der Waals surface area contributed by atoms with E-state index in [-0.39, 0.29) is 18.4 Å². The van der Waals surface area contributed by atoms with Crippen molar-refractivity contribution in [3.63, 3.8) is 0 Å². The quantitative estimate of drug-likeness (QED) is 0.448. The highest BCUT2D eigenvalue weighted by Gasteiger charge is 2.31. The van der Waals surface area contributed by atoms with Crippen LogP contribution in [0.25, 0.3) is 11.3 Å². The Labute approximate surface area is 215 Å². The molecule has 10 heteroatoms. The maximum Gasteiger partial charge on any atom is 0.279 e. The van der Waals surface area contributed by atoms with Gasteiger partial charge >= 0.3 is 0 Å². The molecule has 0 aliphatic carbocycles. The average molecular weight is 512 g/mol. The first-order chi connectivity index (χ1) is 18.0. The Kier molecular flexibility index (Phi) is 5.57. The normalized spacial score (nSPS) is 15.9. The number of methoxy groups -OCH3 is 1. The summed E-state index contributed by atoms with van der Waals surface area (Å²) in [6, 6.07) is 20.5. The zero-order valence-electron chi connectivity index (χ0n) is 20.0. The van der Waals surface area contributed by atoms with E-state index in [1.165, 1.54) is 11.3 Å². The molecule has 3 aromatic carbocycles. The molecule has 2 aliphatic heterocycles. The van der Waals surface area contributed by atoms with E-state index >= 15 is 0 Å². The Morgan fingerprint density at radius 2 is 1.86 bits per heavy atom. The van der Waals surface area contributed by atoms with Gasteiger partial charge in [0.15, 0.2) is 12.3 Å². The molecule has 0 saturated carbocycles. The summed E-state index contributed by atoms with van der Waals surface area (Å²) in [5.74, 6) is 0.913. The van der Waals surface area contributed by atoms with Crippen LogP contribution in [0.2, 0.25) is 0 Å². The molecule has 6 rings (SSSR count). The number of hydrogen-bond acceptors (Lipinski definition) is 7. The van der Waals surface area contributed by atoms with Crippen LogP contribution in [-0.4, -0.2) is 43.0 Å². The number of hydrogen-bond donors (Lipinski definition) is 1. The molecule has 37 heavy (non-hydrogen) atoms. The smallest absolute Gasteiger partial charge is 0.279 e. The number of benzene rings is 3. The Hall–Kier alpha value is -4.70. The highest BCUT2D eigenvalue weighted by Crippen LogP contribution is 2.34. The van der Waals surface area contributed by atoms with Crippen molar-refractivity contribution in [2.75, 3.05) is 31.0 Å². The van der Waals surface area contributed by atoms with Crippen molar-refractivity contribution in [1.82, 2.24) is 4.68 Å². The lowest BCUT2D eigenvalue weighted by molar-refractivity contribution is -0.118. The minimum absolute atomic E-state index is 0.0155. The Balaban J connectivity index is 1.54. The number of ether oxygens (including phenoxy) is 2. The van der Waals surface area contributed by atoms with Crippen LogP contribution >= 0.6 is 11.3 Å². The van der Waals surface area contributed by atoms with Crippen molar-refractivity contribution in [3.05, 3.63) is 82.5 Å². The first-order valence-corrected chi connectivity index (χ1v) is 12.3. The molecule has 0 atom stereocenters. The standard InChI is InChI=1S/C27H21N5O4S/c1-31-21-6-4-3-5-19(21)25(26(31)34)30-32-22(16-7-12-23-20(13-16)29-24(33)14-36-23)15-37-27(32)28-17-8-10-18(35-2)11-9-17/h3-13,15H,14H2,1-2H3,(H,29,33). The van der Waals surface area contributed by atoms with Gasteiger partial charge in [-0.1, -0.05) is 18.2 Å². The summed E-state index contributed by atoms with van der Waals surface area (Å²) < 4.78 is 12.4. The third-order valence-electron chi connectivity index (χ3n) is 6.12. The SMILES string of the molecule is COc1ccc(N=c2scc(-c3ccc4c(c3)NC(=O)CO4)n2N=C2C(=O)N(C)c3ccccc32)cc1. The average Bonchev–Trinajstić information content (AvgIpc) is 3.42. The summed E-state index contributed by atoms with van der Waals surface area (Å²) in [4.78, 5) is 32.0. The van der Waals surface area contributed by atoms with Gasteiger partial charge in [0.05, 0.1) is 29.9 Å². The molecular weight excluding hydrogens is 490 g/mol. The van der Waals surface area contributed by atoms with Crippen LogP contribution in [0.15, 0.2) is 82.2 Å². The number of anilines is 2. The fourth-order valence-electron chi connectivity index (χ4n) is 4.23. The van der Waals surface area contributed by atoms with Crippen LogP contribution < -0.4 is 24.5 Å². The van der Waals surface area contributed by atoms with Crippen LogP contribution in [0.3, 0.4) is 0 Å². The number of thiazole rings is 1. The topological polar surface area (TPSA) is 97.5 Å². The maximum absolute atomic E-state index is 13.2. The zero-order chi connectivity index (χ0) is 25.5. The largest absolute Gasteiger partial charge is 0.497 e. The molecule has 0 radical (unpaired) electrons. The van der Waals surface area contributed by atoms with Crippen molar-refractivity contribution in [1.29, 1.82) is 0 Å². The van der Waals surface area contributed by atoms with E-state index in [0.29, 0.717) is 33.3 Å². The third-order valence-corrected chi connectivity index (χ3v) is 6.93. The van der Waals surface area contributed by atoms with Gasteiger partial charge in [-0.2, -0.15) is 5.10 Å². The number of fused-ring (bicyclic) bond motifs is 2. The van der Waals surface area contributed by atoms with Gasteiger partial charge in [0.1, 0.15) is 11.5 Å². The Morgan fingerprint density at radius 1 is 1.05 bits per heavy atom. The van der Waals surface area contributed by atoms with E-state index in [0.717, 1.165) is 22.6 Å². The van der Waals surface area contributed by atoms with E-state index in [2.05, 4.69) is 5.32 Å². The number of para-hydroxylation sites is 1. The van der Waals surface area contributed by atoms with E-state index < -0.39 is 0 Å². The third kappa shape index (κ3) is 4.07. The number of nitrogens with zero attached hydrogens (tertiary/aromatic N) is 4. The first-order valence-electron chi connectivity index (χ1n) is 11.4. The molecule has 0 saturated heterocycles. The highest BCUT2D eigenvalue weighted by atomic mass is 32.1. The highest BCUT2D eigenvalue weighted by molar-refractivity contribution is 7.07. The minimum atomic E-state index is -0.213. The van der Waals surface area contributed by atoms with Crippen LogP contribution in [-0.2, 0) is 9.59 Å². The minimum Gasteiger partial charge on any atom is -0.497 e. The number of carbonyl (C=O) groups excluding carboxylic acids is 2. The van der Waals surface area contributed by atoms with Gasteiger partial charge in [-0.3, -0.25) is 9.59 Å². The molecule has 9 nitrogen and oxygen atoms in total. The van der Waals surface area contributed by atoms with Crippen molar-refractivity contribution in [2.24, 2.45) is 10.1 Å². The molecule has 4 aromatic rings. The van der Waals surface area contributed by atoms with Crippen LogP contribution in [0.5, 0.6) is 11.5 Å². The predicted octanol–water partition coefficient (Wildman–Crippen LogP) is 4.02. The van der Waals surface area contributed by atoms with E-state index in [1.54, 1.807) is 23.7 Å². The lowest BCUT2D eigenvalue weighted by Gasteiger charge is -2.18. The zero-order valence-corrected chi connectivity index (χ0v) is 20.8. The maximum atomic E-state index is 13.2. The number of nitrogens with one attached hydrogen (secondary N) is 1. The van der Waals surface area contributed by atoms with Crippen LogP contribution in [0.1, 0.15) is 5.56 Å². The summed E-state index contributed by atoms with van der Waals surface area (Å²) in [5, 5.41) is 9.61. The lowest BCUT2D eigenvalue weighted by atomic mass is 10.1. The van der Waals surface area contributed by atoms with Gasteiger partial charge in [0, 0.05) is 23.6 Å². The second-order valence-corrected chi connectivity index (χ2v) is 9.24. The molecular formula is C27H21N5O4S. The molecule has 1 aromatic heterocycles. The summed E-state index contributed by atoms with van der Waals surface area (Å²) in [5.41, 5.74) is 4.66. The Morgan fingerprint density at radius 3 is 2.68 bits per heavy atom. The summed E-state index contributed by atoms with van der Waals surface area (Å²) >= 11 is 1.39. The lowest BCUT2D eigenvalue weighted by Crippen LogP contribution is -2.27. The summed E-state index contributed by atoms with van der Waals surface area (Å²) in [6.07, 6.45) is 0. The fraction of sp³-hybridized carbons (Fsp3) is 0.111. The molecule has 0 unspecified atom stereocenters. The summed E-state index contributed by atoms with van der Waals surface area (Å²) in [7, 11) is 3.35. The molecule has 2 amide bonds. The molecule has 0 bridgehead atoms. The summed E-state index contributed by atoms with van der Waals surface area (Å²) in [6.45, 7) is -0.0155. The number of amides is 2. The second kappa shape index (κ2) is 9.07. The second-order valence-electron chi connectivity index (χ2n) is 8.40. The predicted molar refractivity (Wildman–Crippen MR) is 142 cm³/mol. The fourth-order valence-corrected chi connectivity index (χ4v) is 5.08. The van der Waals surface area contributed by atoms with E-state index in [1.807, 2.05) is 72.1 Å². The molecule has 3 heterocycles. The van der Waals surface area contributed by atoms with Gasteiger partial charge in [0.2, 0.25) is 4.80 Å². The van der Waals surface area contributed by atoms with E-state index in [4.69, 9.17) is 19.6 Å². The van der Waals surface area contributed by atoms with Crippen molar-refractivity contribution >= 4 is 45.9 Å². The van der Waals surface area contributed by atoms with Crippen molar-refractivity contribution < 1.29 is 19.1 Å². The van der Waals surface area contributed by atoms with Gasteiger partial charge in [0.25, 0.3) is 11.8 Å². The number of carbonyl (C=O) groups is 2.